The highest BCUT2D eigenvalue weighted by Crippen LogP contribution is 2.20. The normalized spacial score (nSPS) is 17.7. The van der Waals surface area contributed by atoms with Crippen molar-refractivity contribution >= 4 is 21.8 Å². The second-order valence-electron chi connectivity index (χ2n) is 6.77. The van der Waals surface area contributed by atoms with Crippen LogP contribution < -0.4 is 10.1 Å². The zero-order valence-corrected chi connectivity index (χ0v) is 16.7. The van der Waals surface area contributed by atoms with Crippen molar-refractivity contribution in [3.63, 3.8) is 0 Å². The molecule has 1 aliphatic rings. The molecule has 1 atom stereocenters. The van der Waals surface area contributed by atoms with Crippen LogP contribution in [-0.4, -0.2) is 31.0 Å². The number of ether oxygens (including phenoxy) is 1. The molecule has 1 fully saturated rings. The fourth-order valence-corrected chi connectivity index (χ4v) is 3.60. The Morgan fingerprint density at radius 3 is 2.54 bits per heavy atom. The third-order valence-electron chi connectivity index (χ3n) is 4.82. The van der Waals surface area contributed by atoms with Gasteiger partial charge in [0.15, 0.2) is 0 Å². The lowest BCUT2D eigenvalue weighted by atomic mass is 9.96. The number of hydrogen-bond donors (Lipinski definition) is 1. The summed E-state index contributed by atoms with van der Waals surface area (Å²) in [6, 6.07) is 16.2. The van der Waals surface area contributed by atoms with Gasteiger partial charge in [-0.1, -0.05) is 40.2 Å². The van der Waals surface area contributed by atoms with Crippen LogP contribution in [0, 0.1) is 5.92 Å². The Hall–Kier alpha value is -1.85. The van der Waals surface area contributed by atoms with Crippen molar-refractivity contribution in [2.24, 2.45) is 5.92 Å². The summed E-state index contributed by atoms with van der Waals surface area (Å²) < 4.78 is 6.25. The average Bonchev–Trinajstić information content (AvgIpc) is 2.68. The van der Waals surface area contributed by atoms with E-state index in [1.807, 2.05) is 24.3 Å². The number of likely N-dealkylation sites (tertiary alicyclic amines) is 1. The zero-order chi connectivity index (χ0) is 18.4. The smallest absolute Gasteiger partial charge is 0.224 e. The van der Waals surface area contributed by atoms with Crippen LogP contribution in [0.2, 0.25) is 0 Å². The predicted molar refractivity (Wildman–Crippen MR) is 107 cm³/mol. The molecule has 1 N–H and O–H groups in total. The van der Waals surface area contributed by atoms with Crippen LogP contribution in [0.3, 0.4) is 0 Å². The second kappa shape index (κ2) is 9.19. The Morgan fingerprint density at radius 1 is 1.15 bits per heavy atom. The molecule has 5 heteroatoms. The largest absolute Gasteiger partial charge is 0.497 e. The number of piperidine rings is 1. The van der Waals surface area contributed by atoms with Gasteiger partial charge in [0.2, 0.25) is 5.91 Å². The van der Waals surface area contributed by atoms with E-state index in [-0.39, 0.29) is 11.8 Å². The zero-order valence-electron chi connectivity index (χ0n) is 15.1. The Bertz CT molecular complexity index is 716. The van der Waals surface area contributed by atoms with Crippen LogP contribution in [0.4, 0.5) is 0 Å². The van der Waals surface area contributed by atoms with E-state index in [4.69, 9.17) is 4.74 Å². The summed E-state index contributed by atoms with van der Waals surface area (Å²) in [4.78, 5) is 14.9. The van der Waals surface area contributed by atoms with Gasteiger partial charge in [-0.15, -0.1) is 0 Å². The van der Waals surface area contributed by atoms with E-state index < -0.39 is 0 Å². The second-order valence-corrected chi connectivity index (χ2v) is 7.68. The highest BCUT2D eigenvalue weighted by atomic mass is 79.9. The molecule has 0 aromatic heterocycles. The first kappa shape index (κ1) is 18.9. The number of carbonyl (C=O) groups excluding carboxylic acids is 1. The number of halogens is 1. The van der Waals surface area contributed by atoms with E-state index in [2.05, 4.69) is 50.4 Å². The molecule has 1 heterocycles. The molecule has 0 bridgehead atoms. The molecule has 138 valence electrons. The van der Waals surface area contributed by atoms with Crippen molar-refractivity contribution in [3.8, 4) is 5.75 Å². The van der Waals surface area contributed by atoms with Gasteiger partial charge < -0.3 is 10.1 Å². The van der Waals surface area contributed by atoms with E-state index in [1.54, 1.807) is 7.11 Å². The van der Waals surface area contributed by atoms with Gasteiger partial charge in [-0.25, -0.2) is 0 Å². The average molecular weight is 417 g/mol. The van der Waals surface area contributed by atoms with Gasteiger partial charge in [-0.3, -0.25) is 9.69 Å². The van der Waals surface area contributed by atoms with Crippen molar-refractivity contribution in [2.75, 3.05) is 20.2 Å². The van der Waals surface area contributed by atoms with Gasteiger partial charge in [-0.2, -0.15) is 0 Å². The first-order valence-electron chi connectivity index (χ1n) is 9.01. The molecular formula is C21H25BrN2O2. The minimum atomic E-state index is 0.0671. The van der Waals surface area contributed by atoms with Crippen molar-refractivity contribution in [1.29, 1.82) is 0 Å². The van der Waals surface area contributed by atoms with Crippen molar-refractivity contribution < 1.29 is 9.53 Å². The number of methoxy groups -OCH3 is 1. The summed E-state index contributed by atoms with van der Waals surface area (Å²) in [6.45, 7) is 3.34. The van der Waals surface area contributed by atoms with Crippen LogP contribution in [0.25, 0.3) is 0 Å². The lowest BCUT2D eigenvalue weighted by Crippen LogP contribution is -2.42. The van der Waals surface area contributed by atoms with Crippen molar-refractivity contribution in [1.82, 2.24) is 10.2 Å². The molecule has 1 amide bonds. The molecule has 1 aliphatic heterocycles. The molecule has 4 nitrogen and oxygen atoms in total. The van der Waals surface area contributed by atoms with E-state index >= 15 is 0 Å². The first-order chi connectivity index (χ1) is 12.6. The molecule has 0 radical (unpaired) electrons. The maximum absolute atomic E-state index is 12.6. The van der Waals surface area contributed by atoms with Gasteiger partial charge in [0, 0.05) is 24.1 Å². The molecule has 3 rings (SSSR count). The molecule has 2 aromatic rings. The van der Waals surface area contributed by atoms with Crippen LogP contribution in [0.5, 0.6) is 5.75 Å². The highest BCUT2D eigenvalue weighted by Gasteiger charge is 2.25. The molecule has 0 aliphatic carbocycles. The highest BCUT2D eigenvalue weighted by molar-refractivity contribution is 9.10. The Kier molecular flexibility index (Phi) is 6.69. The van der Waals surface area contributed by atoms with Gasteiger partial charge >= 0.3 is 0 Å². The summed E-state index contributed by atoms with van der Waals surface area (Å²) in [5.41, 5.74) is 2.37. The lowest BCUT2D eigenvalue weighted by molar-refractivity contribution is -0.126. The van der Waals surface area contributed by atoms with Crippen LogP contribution in [0.1, 0.15) is 24.0 Å². The van der Waals surface area contributed by atoms with E-state index in [0.29, 0.717) is 6.54 Å². The van der Waals surface area contributed by atoms with Crippen LogP contribution in [0.15, 0.2) is 53.0 Å². The number of amides is 1. The molecule has 1 saturated heterocycles. The lowest BCUT2D eigenvalue weighted by Gasteiger charge is -2.32. The van der Waals surface area contributed by atoms with Gasteiger partial charge in [0.05, 0.1) is 13.0 Å². The number of nitrogens with one attached hydrogen (secondary N) is 1. The SMILES string of the molecule is COc1ccc(CNC(=O)C2CCCN(Cc3ccc(Br)cc3)C2)cc1. The van der Waals surface area contributed by atoms with E-state index in [9.17, 15) is 4.79 Å². The number of hydrogen-bond acceptors (Lipinski definition) is 3. The molecule has 2 aromatic carbocycles. The first-order valence-corrected chi connectivity index (χ1v) is 9.81. The summed E-state index contributed by atoms with van der Waals surface area (Å²) >= 11 is 3.47. The van der Waals surface area contributed by atoms with Gasteiger partial charge in [-0.05, 0) is 54.8 Å². The number of rotatable bonds is 6. The standard InChI is InChI=1S/C21H25BrN2O2/c1-26-20-10-6-16(7-11-20)13-23-21(25)18-3-2-12-24(15-18)14-17-4-8-19(22)9-5-17/h4-11,18H,2-3,12-15H2,1H3,(H,23,25). The van der Waals surface area contributed by atoms with Crippen molar-refractivity contribution in [3.05, 3.63) is 64.1 Å². The Morgan fingerprint density at radius 2 is 1.85 bits per heavy atom. The van der Waals surface area contributed by atoms with Gasteiger partial charge in [0.25, 0.3) is 0 Å². The summed E-state index contributed by atoms with van der Waals surface area (Å²) in [5, 5.41) is 3.09. The molecule has 0 saturated carbocycles. The monoisotopic (exact) mass is 416 g/mol. The Balaban J connectivity index is 1.49. The maximum Gasteiger partial charge on any atom is 0.224 e. The summed E-state index contributed by atoms with van der Waals surface area (Å²) in [6.07, 6.45) is 2.03. The maximum atomic E-state index is 12.6. The van der Waals surface area contributed by atoms with Crippen LogP contribution in [-0.2, 0) is 17.9 Å². The quantitative estimate of drug-likeness (QED) is 0.773. The van der Waals surface area contributed by atoms with E-state index in [0.717, 1.165) is 48.3 Å². The molecule has 0 spiro atoms. The Labute approximate surface area is 163 Å². The predicted octanol–water partition coefficient (Wildman–Crippen LogP) is 3.99. The summed E-state index contributed by atoms with van der Waals surface area (Å²) in [7, 11) is 1.65. The fraction of sp³-hybridized carbons (Fsp3) is 0.381. The number of nitrogens with zero attached hydrogens (tertiary/aromatic N) is 1. The molecule has 26 heavy (non-hydrogen) atoms. The fourth-order valence-electron chi connectivity index (χ4n) is 3.34. The minimum absolute atomic E-state index is 0.0671. The van der Waals surface area contributed by atoms with Gasteiger partial charge in [0.1, 0.15) is 5.75 Å². The number of benzene rings is 2. The van der Waals surface area contributed by atoms with E-state index in [1.165, 1.54) is 5.56 Å². The number of carbonyl (C=O) groups is 1. The van der Waals surface area contributed by atoms with Crippen molar-refractivity contribution in [2.45, 2.75) is 25.9 Å². The van der Waals surface area contributed by atoms with Crippen LogP contribution >= 0.6 is 15.9 Å². The molecular weight excluding hydrogens is 392 g/mol. The third-order valence-corrected chi connectivity index (χ3v) is 5.35. The topological polar surface area (TPSA) is 41.6 Å². The molecule has 1 unspecified atom stereocenters. The third kappa shape index (κ3) is 5.32. The summed E-state index contributed by atoms with van der Waals surface area (Å²) in [5.74, 6) is 1.05. The minimum Gasteiger partial charge on any atom is -0.497 e.